The Labute approximate surface area is 114 Å². The fourth-order valence-electron chi connectivity index (χ4n) is 2.23. The summed E-state index contributed by atoms with van der Waals surface area (Å²) >= 11 is 0. The van der Waals surface area contributed by atoms with Crippen molar-refractivity contribution in [3.8, 4) is 0 Å². The average Bonchev–Trinajstić information content (AvgIpc) is 2.89. The summed E-state index contributed by atoms with van der Waals surface area (Å²) in [5, 5.41) is 7.43. The number of likely N-dealkylation sites (N-methyl/N-ethyl adjacent to an activating group) is 1. The van der Waals surface area contributed by atoms with Crippen LogP contribution in [0.25, 0.3) is 0 Å². The van der Waals surface area contributed by atoms with E-state index in [-0.39, 0.29) is 0 Å². The Bertz CT molecular complexity index is 359. The molecule has 1 aromatic heterocycles. The van der Waals surface area contributed by atoms with Crippen LogP contribution in [-0.4, -0.2) is 60.5 Å². The van der Waals surface area contributed by atoms with Gasteiger partial charge in [0.15, 0.2) is 5.82 Å². The van der Waals surface area contributed by atoms with Gasteiger partial charge in [-0.1, -0.05) is 19.0 Å². The summed E-state index contributed by atoms with van der Waals surface area (Å²) in [5.74, 6) is 1.51. The molecule has 0 spiro atoms. The monoisotopic (exact) mass is 268 g/mol. The van der Waals surface area contributed by atoms with E-state index in [0.29, 0.717) is 11.9 Å². The topological polar surface area (TPSA) is 63.4 Å². The summed E-state index contributed by atoms with van der Waals surface area (Å²) in [4.78, 5) is 6.80. The smallest absolute Gasteiger partial charge is 0.228 e. The van der Waals surface area contributed by atoms with E-state index in [4.69, 9.17) is 9.26 Å². The summed E-state index contributed by atoms with van der Waals surface area (Å²) < 4.78 is 10.7. The number of hydrogen-bond donors (Lipinski definition) is 1. The molecule has 1 saturated heterocycles. The number of hydrogen-bond acceptors (Lipinski definition) is 6. The van der Waals surface area contributed by atoms with Crippen molar-refractivity contribution in [2.45, 2.75) is 32.7 Å². The van der Waals surface area contributed by atoms with Crippen molar-refractivity contribution in [2.75, 3.05) is 39.4 Å². The number of nitrogens with zero attached hydrogens (tertiary/aromatic N) is 3. The Balaban J connectivity index is 1.77. The average molecular weight is 268 g/mol. The maximum absolute atomic E-state index is 5.41. The molecule has 0 radical (unpaired) electrons. The molecule has 0 aromatic carbocycles. The van der Waals surface area contributed by atoms with Gasteiger partial charge in [0.25, 0.3) is 0 Å². The molecule has 0 bridgehead atoms. The van der Waals surface area contributed by atoms with Crippen LogP contribution in [0.5, 0.6) is 0 Å². The highest BCUT2D eigenvalue weighted by atomic mass is 16.5. The highest BCUT2D eigenvalue weighted by Gasteiger charge is 2.17. The first-order valence-corrected chi connectivity index (χ1v) is 7.16. The van der Waals surface area contributed by atoms with Gasteiger partial charge in [0, 0.05) is 32.0 Å². The fraction of sp³-hybridized carbons (Fsp3) is 0.846. The van der Waals surface area contributed by atoms with E-state index < -0.39 is 0 Å². The Morgan fingerprint density at radius 1 is 1.37 bits per heavy atom. The minimum atomic E-state index is 0.296. The third-order valence-corrected chi connectivity index (χ3v) is 3.48. The second kappa shape index (κ2) is 7.57. The molecular weight excluding hydrogens is 244 g/mol. The van der Waals surface area contributed by atoms with Crippen LogP contribution in [0.3, 0.4) is 0 Å². The molecule has 108 valence electrons. The molecule has 1 aromatic rings. The van der Waals surface area contributed by atoms with Gasteiger partial charge in [-0.2, -0.15) is 4.98 Å². The molecule has 6 nitrogen and oxygen atoms in total. The van der Waals surface area contributed by atoms with E-state index in [2.05, 4.69) is 34.2 Å². The second-order valence-electron chi connectivity index (χ2n) is 4.81. The molecule has 1 unspecified atom stereocenters. The molecule has 1 fully saturated rings. The van der Waals surface area contributed by atoms with Crippen LogP contribution in [0.15, 0.2) is 4.52 Å². The molecule has 1 aliphatic heterocycles. The molecule has 1 atom stereocenters. The van der Waals surface area contributed by atoms with Crippen LogP contribution >= 0.6 is 0 Å². The number of aromatic nitrogens is 2. The SMILES string of the molecule is CCN(CC)CCc1noc(CC2COCCN2)n1. The van der Waals surface area contributed by atoms with E-state index in [1.165, 1.54) is 0 Å². The Morgan fingerprint density at radius 2 is 2.21 bits per heavy atom. The fourth-order valence-corrected chi connectivity index (χ4v) is 2.23. The first-order chi connectivity index (χ1) is 9.31. The third-order valence-electron chi connectivity index (χ3n) is 3.48. The van der Waals surface area contributed by atoms with Crippen molar-refractivity contribution in [1.29, 1.82) is 0 Å². The second-order valence-corrected chi connectivity index (χ2v) is 4.81. The van der Waals surface area contributed by atoms with Gasteiger partial charge in [-0.05, 0) is 13.1 Å². The normalized spacial score (nSPS) is 20.1. The molecule has 1 aliphatic rings. The van der Waals surface area contributed by atoms with Crippen molar-refractivity contribution in [3.63, 3.8) is 0 Å². The van der Waals surface area contributed by atoms with E-state index >= 15 is 0 Å². The van der Waals surface area contributed by atoms with Gasteiger partial charge in [0.05, 0.1) is 13.2 Å². The summed E-state index contributed by atoms with van der Waals surface area (Å²) in [7, 11) is 0. The zero-order valence-electron chi connectivity index (χ0n) is 11.9. The highest BCUT2D eigenvalue weighted by molar-refractivity contribution is 4.91. The minimum Gasteiger partial charge on any atom is -0.378 e. The lowest BCUT2D eigenvalue weighted by Gasteiger charge is -2.22. The van der Waals surface area contributed by atoms with Crippen LogP contribution in [0, 0.1) is 0 Å². The maximum atomic E-state index is 5.41. The van der Waals surface area contributed by atoms with Crippen LogP contribution < -0.4 is 5.32 Å². The van der Waals surface area contributed by atoms with Crippen molar-refractivity contribution in [1.82, 2.24) is 20.4 Å². The lowest BCUT2D eigenvalue weighted by molar-refractivity contribution is 0.0744. The number of nitrogens with one attached hydrogen (secondary N) is 1. The predicted octanol–water partition coefficient (Wildman–Crippen LogP) is 0.485. The van der Waals surface area contributed by atoms with Crippen LogP contribution in [0.4, 0.5) is 0 Å². The zero-order valence-corrected chi connectivity index (χ0v) is 11.9. The van der Waals surface area contributed by atoms with E-state index in [9.17, 15) is 0 Å². The molecule has 0 aliphatic carbocycles. The molecule has 2 rings (SSSR count). The summed E-state index contributed by atoms with van der Waals surface area (Å²) in [6, 6.07) is 0.296. The van der Waals surface area contributed by atoms with Gasteiger partial charge in [-0.25, -0.2) is 0 Å². The van der Waals surface area contributed by atoms with Crippen molar-refractivity contribution in [2.24, 2.45) is 0 Å². The highest BCUT2D eigenvalue weighted by Crippen LogP contribution is 2.05. The Hall–Kier alpha value is -0.980. The van der Waals surface area contributed by atoms with Gasteiger partial charge >= 0.3 is 0 Å². The minimum absolute atomic E-state index is 0.296. The molecule has 6 heteroatoms. The third kappa shape index (κ3) is 4.56. The van der Waals surface area contributed by atoms with Crippen molar-refractivity contribution < 1.29 is 9.26 Å². The van der Waals surface area contributed by atoms with Crippen LogP contribution in [0.2, 0.25) is 0 Å². The lowest BCUT2D eigenvalue weighted by atomic mass is 10.2. The molecule has 0 amide bonds. The van der Waals surface area contributed by atoms with Gasteiger partial charge in [0.1, 0.15) is 0 Å². The Kier molecular flexibility index (Phi) is 5.75. The standard InChI is InChI=1S/C13H24N4O2/c1-3-17(4-2)7-5-12-15-13(19-16-12)9-11-10-18-8-6-14-11/h11,14H,3-10H2,1-2H3. The van der Waals surface area contributed by atoms with Crippen molar-refractivity contribution in [3.05, 3.63) is 11.7 Å². The molecule has 0 saturated carbocycles. The number of rotatable bonds is 7. The molecule has 2 heterocycles. The number of ether oxygens (including phenoxy) is 1. The van der Waals surface area contributed by atoms with Crippen LogP contribution in [0.1, 0.15) is 25.6 Å². The van der Waals surface area contributed by atoms with Crippen molar-refractivity contribution >= 4 is 0 Å². The van der Waals surface area contributed by atoms with E-state index in [1.54, 1.807) is 0 Å². The molecule has 19 heavy (non-hydrogen) atoms. The first-order valence-electron chi connectivity index (χ1n) is 7.16. The van der Waals surface area contributed by atoms with Crippen LogP contribution in [-0.2, 0) is 17.6 Å². The first kappa shape index (κ1) is 14.4. The van der Waals surface area contributed by atoms with E-state index in [1.807, 2.05) is 0 Å². The molecule has 1 N–H and O–H groups in total. The van der Waals surface area contributed by atoms with Gasteiger partial charge in [0.2, 0.25) is 5.89 Å². The molecular formula is C13H24N4O2. The van der Waals surface area contributed by atoms with Gasteiger partial charge < -0.3 is 19.5 Å². The lowest BCUT2D eigenvalue weighted by Crippen LogP contribution is -2.42. The van der Waals surface area contributed by atoms with Gasteiger partial charge in [-0.15, -0.1) is 0 Å². The van der Waals surface area contributed by atoms with Gasteiger partial charge in [-0.3, -0.25) is 0 Å². The maximum Gasteiger partial charge on any atom is 0.228 e. The largest absolute Gasteiger partial charge is 0.378 e. The Morgan fingerprint density at radius 3 is 2.89 bits per heavy atom. The summed E-state index contributed by atoms with van der Waals surface area (Å²) in [5.41, 5.74) is 0. The quantitative estimate of drug-likeness (QED) is 0.776. The summed E-state index contributed by atoms with van der Waals surface area (Å²) in [6.45, 7) is 9.84. The zero-order chi connectivity index (χ0) is 13.5. The number of morpholine rings is 1. The predicted molar refractivity (Wildman–Crippen MR) is 72.1 cm³/mol. The summed E-state index contributed by atoms with van der Waals surface area (Å²) in [6.07, 6.45) is 1.60. The van der Waals surface area contributed by atoms with E-state index in [0.717, 1.165) is 58.1 Å².